The Morgan fingerprint density at radius 3 is 1.68 bits per heavy atom. The van der Waals surface area contributed by atoms with Gasteiger partial charge in [0.15, 0.2) is 28.7 Å². The van der Waals surface area contributed by atoms with Gasteiger partial charge in [-0.3, -0.25) is 0 Å². The molecule has 0 saturated carbocycles. The van der Waals surface area contributed by atoms with Crippen LogP contribution in [0.15, 0.2) is 78.9 Å². The van der Waals surface area contributed by atoms with Crippen molar-refractivity contribution < 1.29 is 52.2 Å². The summed E-state index contributed by atoms with van der Waals surface area (Å²) in [6.45, 7) is 2.07. The molecule has 6 nitrogen and oxygen atoms in total. The highest BCUT2D eigenvalue weighted by atomic mass is 127. The number of aromatic nitrogens is 1. The van der Waals surface area contributed by atoms with E-state index in [2.05, 4.69) is 60.0 Å². The van der Waals surface area contributed by atoms with E-state index in [1.165, 1.54) is 5.56 Å². The third kappa shape index (κ3) is 5.38. The van der Waals surface area contributed by atoms with Gasteiger partial charge in [0.1, 0.15) is 7.05 Å². The summed E-state index contributed by atoms with van der Waals surface area (Å²) in [5.41, 5.74) is 7.32. The molecule has 0 amide bonds. The smallest absolute Gasteiger partial charge is 0.213 e. The monoisotopic (exact) mass is 663 g/mol. The number of ether oxygens (including phenoxy) is 5. The van der Waals surface area contributed by atoms with Crippen molar-refractivity contribution in [1.29, 1.82) is 0 Å². The Balaban J connectivity index is 0.00000387. The van der Waals surface area contributed by atoms with Crippen molar-refractivity contribution in [3.63, 3.8) is 0 Å². The summed E-state index contributed by atoms with van der Waals surface area (Å²) in [6.07, 6.45) is 0. The van der Waals surface area contributed by atoms with Crippen LogP contribution in [0, 0.1) is 6.92 Å². The first-order chi connectivity index (χ1) is 19.4. The van der Waals surface area contributed by atoms with Gasteiger partial charge in [0, 0.05) is 23.9 Å². The summed E-state index contributed by atoms with van der Waals surface area (Å²) in [5.74, 6) is 3.16. The number of benzene rings is 4. The van der Waals surface area contributed by atoms with Gasteiger partial charge in [-0.25, -0.2) is 0 Å². The van der Waals surface area contributed by atoms with Gasteiger partial charge in [-0.2, -0.15) is 4.57 Å². The van der Waals surface area contributed by atoms with Crippen LogP contribution in [0.3, 0.4) is 0 Å². The number of halogens is 1. The summed E-state index contributed by atoms with van der Waals surface area (Å²) < 4.78 is 30.9. The number of pyridine rings is 1. The lowest BCUT2D eigenvalue weighted by molar-refractivity contribution is -0.665. The van der Waals surface area contributed by atoms with E-state index in [1.54, 1.807) is 35.5 Å². The zero-order chi connectivity index (χ0) is 28.4. The van der Waals surface area contributed by atoms with Crippen LogP contribution in [0.2, 0.25) is 0 Å². The van der Waals surface area contributed by atoms with Gasteiger partial charge in [-0.1, -0.05) is 54.6 Å². The fourth-order valence-electron chi connectivity index (χ4n) is 5.33. The van der Waals surface area contributed by atoms with Crippen molar-refractivity contribution in [3.8, 4) is 62.3 Å². The van der Waals surface area contributed by atoms with Crippen molar-refractivity contribution in [2.75, 3.05) is 35.5 Å². The van der Waals surface area contributed by atoms with Crippen LogP contribution < -0.4 is 52.2 Å². The average Bonchev–Trinajstić information content (AvgIpc) is 3.01. The molecule has 0 fully saturated rings. The first kappa shape index (κ1) is 30.0. The SMILES string of the molecule is COc1cc(-c2cc3cc(OC)c(OC)c(OC)c3c(C)[n+]2C)cc(-c2ccc(-c3ccccc3)cc2)c1OC.[I-]. The number of fused-ring (bicyclic) bond motifs is 1. The van der Waals surface area contributed by atoms with E-state index in [-0.39, 0.29) is 24.0 Å². The second kappa shape index (κ2) is 12.7. The molecule has 1 aromatic heterocycles. The fourth-order valence-corrected chi connectivity index (χ4v) is 5.33. The molecule has 0 bridgehead atoms. The van der Waals surface area contributed by atoms with Crippen LogP contribution >= 0.6 is 0 Å². The average molecular weight is 664 g/mol. The normalized spacial score (nSPS) is 10.6. The minimum absolute atomic E-state index is 0. The van der Waals surface area contributed by atoms with Crippen molar-refractivity contribution in [2.45, 2.75) is 6.92 Å². The van der Waals surface area contributed by atoms with Crippen LogP contribution in [-0.4, -0.2) is 35.5 Å². The molecule has 212 valence electrons. The van der Waals surface area contributed by atoms with E-state index in [0.29, 0.717) is 28.7 Å². The highest BCUT2D eigenvalue weighted by Gasteiger charge is 2.26. The molecule has 0 radical (unpaired) electrons. The van der Waals surface area contributed by atoms with Crippen LogP contribution in [0.5, 0.6) is 28.7 Å². The zero-order valence-electron chi connectivity index (χ0n) is 24.4. The molecule has 0 N–H and O–H groups in total. The molecular weight excluding hydrogens is 629 g/mol. The second-order valence-electron chi connectivity index (χ2n) is 9.49. The Morgan fingerprint density at radius 1 is 0.537 bits per heavy atom. The molecule has 1 heterocycles. The summed E-state index contributed by atoms with van der Waals surface area (Å²) in [7, 11) is 10.3. The zero-order valence-corrected chi connectivity index (χ0v) is 26.5. The van der Waals surface area contributed by atoms with Crippen LogP contribution in [-0.2, 0) is 7.05 Å². The predicted molar refractivity (Wildman–Crippen MR) is 159 cm³/mol. The Kier molecular flexibility index (Phi) is 9.28. The third-order valence-electron chi connectivity index (χ3n) is 7.46. The molecule has 0 unspecified atom stereocenters. The number of methoxy groups -OCH3 is 5. The van der Waals surface area contributed by atoms with E-state index in [4.69, 9.17) is 23.7 Å². The summed E-state index contributed by atoms with van der Waals surface area (Å²) in [4.78, 5) is 0. The van der Waals surface area contributed by atoms with Gasteiger partial charge in [0.25, 0.3) is 0 Å². The summed E-state index contributed by atoms with van der Waals surface area (Å²) in [5, 5.41) is 1.94. The van der Waals surface area contributed by atoms with Crippen LogP contribution in [0.1, 0.15) is 5.69 Å². The Bertz CT molecular complexity index is 1680. The molecule has 41 heavy (non-hydrogen) atoms. The fraction of sp³-hybridized carbons (Fsp3) is 0.206. The highest BCUT2D eigenvalue weighted by molar-refractivity contribution is 5.96. The quantitative estimate of drug-likeness (QED) is 0.186. The van der Waals surface area contributed by atoms with E-state index in [9.17, 15) is 0 Å². The van der Waals surface area contributed by atoms with Crippen molar-refractivity contribution >= 4 is 10.8 Å². The first-order valence-corrected chi connectivity index (χ1v) is 13.0. The number of hydrogen-bond acceptors (Lipinski definition) is 5. The van der Waals surface area contributed by atoms with E-state index in [0.717, 1.165) is 44.4 Å². The molecule has 0 atom stereocenters. The van der Waals surface area contributed by atoms with Crippen LogP contribution in [0.25, 0.3) is 44.3 Å². The summed E-state index contributed by atoms with van der Waals surface area (Å²) in [6, 6.07) is 27.1. The van der Waals surface area contributed by atoms with Crippen molar-refractivity contribution in [3.05, 3.63) is 84.6 Å². The summed E-state index contributed by atoms with van der Waals surface area (Å²) >= 11 is 0. The minimum Gasteiger partial charge on any atom is -1.00 e. The molecule has 0 aliphatic rings. The van der Waals surface area contributed by atoms with Gasteiger partial charge in [0.05, 0.1) is 46.5 Å². The third-order valence-corrected chi connectivity index (χ3v) is 7.46. The second-order valence-corrected chi connectivity index (χ2v) is 9.49. The minimum atomic E-state index is 0. The predicted octanol–water partition coefficient (Wildman–Crippen LogP) is 4.02. The van der Waals surface area contributed by atoms with Gasteiger partial charge in [-0.15, -0.1) is 0 Å². The van der Waals surface area contributed by atoms with Crippen molar-refractivity contribution in [2.24, 2.45) is 7.05 Å². The number of nitrogens with zero attached hydrogens (tertiary/aromatic N) is 1. The molecule has 0 aliphatic heterocycles. The van der Waals surface area contributed by atoms with E-state index < -0.39 is 0 Å². The molecule has 4 aromatic carbocycles. The molecule has 0 aliphatic carbocycles. The largest absolute Gasteiger partial charge is 1.00 e. The molecule has 7 heteroatoms. The Labute approximate surface area is 258 Å². The van der Waals surface area contributed by atoms with Crippen LogP contribution in [0.4, 0.5) is 0 Å². The van der Waals surface area contributed by atoms with Gasteiger partial charge < -0.3 is 47.7 Å². The topological polar surface area (TPSA) is 50.0 Å². The van der Waals surface area contributed by atoms with Gasteiger partial charge in [-0.05, 0) is 34.9 Å². The lowest BCUT2D eigenvalue weighted by atomic mass is 9.96. The lowest BCUT2D eigenvalue weighted by Crippen LogP contribution is -3.00. The van der Waals surface area contributed by atoms with Gasteiger partial charge in [0.2, 0.25) is 11.4 Å². The molecule has 5 rings (SSSR count). The Hall–Kier alpha value is -3.98. The maximum atomic E-state index is 5.86. The molecule has 0 spiro atoms. The van der Waals surface area contributed by atoms with Crippen molar-refractivity contribution in [1.82, 2.24) is 0 Å². The lowest BCUT2D eigenvalue weighted by Gasteiger charge is -2.18. The first-order valence-electron chi connectivity index (χ1n) is 13.0. The molecule has 5 aromatic rings. The Morgan fingerprint density at radius 2 is 1.10 bits per heavy atom. The molecular formula is C34H34INO5. The molecule has 0 saturated heterocycles. The maximum Gasteiger partial charge on any atom is 0.213 e. The number of hydrogen-bond donors (Lipinski definition) is 0. The van der Waals surface area contributed by atoms with Gasteiger partial charge >= 0.3 is 0 Å². The van der Waals surface area contributed by atoms with E-state index in [1.807, 2.05) is 37.4 Å². The number of rotatable bonds is 8. The maximum absolute atomic E-state index is 5.86. The van der Waals surface area contributed by atoms with E-state index >= 15 is 0 Å². The standard InChI is InChI=1S/C34H34NO5.HI/c1-21-31-26(20-30(37-4)33(39-6)34(31)40-7)18-28(35(21)2)25-17-27(32(38-5)29(19-25)36-3)24-15-13-23(14-16-24)22-11-9-8-10-12-22;/h8-20H,1-7H3;1H/q+1;/p-1. The highest BCUT2D eigenvalue weighted by Crippen LogP contribution is 2.46. The number of aryl methyl sites for hydroxylation is 1.